The molecular weight excluding hydrogens is 298 g/mol. The lowest BCUT2D eigenvalue weighted by Crippen LogP contribution is -2.06. The summed E-state index contributed by atoms with van der Waals surface area (Å²) in [5.41, 5.74) is 4.61. The van der Waals surface area contributed by atoms with Gasteiger partial charge in [0, 0.05) is 36.6 Å². The van der Waals surface area contributed by atoms with Crippen LogP contribution in [0.15, 0.2) is 12.4 Å². The predicted molar refractivity (Wildman–Crippen MR) is 93.7 cm³/mol. The van der Waals surface area contributed by atoms with Gasteiger partial charge in [0.05, 0.1) is 17.6 Å². The van der Waals surface area contributed by atoms with Crippen LogP contribution in [0.1, 0.15) is 50.7 Å². The average molecular weight is 326 g/mol. The third-order valence-corrected chi connectivity index (χ3v) is 3.60. The number of nitrogens with one attached hydrogen (secondary N) is 1. The van der Waals surface area contributed by atoms with Crippen molar-refractivity contribution in [3.63, 3.8) is 0 Å². The number of aromatic nitrogens is 4. The van der Waals surface area contributed by atoms with Gasteiger partial charge in [-0.2, -0.15) is 10.2 Å². The zero-order valence-electron chi connectivity index (χ0n) is 14.4. The van der Waals surface area contributed by atoms with Crippen molar-refractivity contribution in [2.24, 2.45) is 5.92 Å². The van der Waals surface area contributed by atoms with E-state index < -0.39 is 0 Å². The Kier molecular flexibility index (Phi) is 6.48. The molecular formula is C16H28ClN5. The van der Waals surface area contributed by atoms with Gasteiger partial charge in [0.1, 0.15) is 0 Å². The van der Waals surface area contributed by atoms with Gasteiger partial charge in [-0.15, -0.1) is 12.4 Å². The van der Waals surface area contributed by atoms with Gasteiger partial charge in [-0.05, 0) is 33.6 Å². The summed E-state index contributed by atoms with van der Waals surface area (Å²) in [6.07, 6.45) is 4.05. The minimum Gasteiger partial charge on any atom is -0.378 e. The maximum atomic E-state index is 4.55. The molecule has 2 aromatic rings. The van der Waals surface area contributed by atoms with E-state index in [0.29, 0.717) is 12.0 Å². The lowest BCUT2D eigenvalue weighted by atomic mass is 10.2. The van der Waals surface area contributed by atoms with Crippen LogP contribution in [0.4, 0.5) is 5.69 Å². The van der Waals surface area contributed by atoms with Crippen molar-refractivity contribution < 1.29 is 0 Å². The number of hydrogen-bond donors (Lipinski definition) is 1. The quantitative estimate of drug-likeness (QED) is 0.874. The van der Waals surface area contributed by atoms with Crippen molar-refractivity contribution in [2.75, 3.05) is 5.32 Å². The van der Waals surface area contributed by atoms with Crippen molar-refractivity contribution in [1.29, 1.82) is 0 Å². The van der Waals surface area contributed by atoms with Crippen molar-refractivity contribution >= 4 is 18.1 Å². The highest BCUT2D eigenvalue weighted by Crippen LogP contribution is 2.17. The maximum Gasteiger partial charge on any atom is 0.0825 e. The van der Waals surface area contributed by atoms with Crippen molar-refractivity contribution in [3.05, 3.63) is 29.3 Å². The third kappa shape index (κ3) is 4.26. The second kappa shape index (κ2) is 7.68. The fourth-order valence-electron chi connectivity index (χ4n) is 2.50. The Morgan fingerprint density at radius 3 is 2.41 bits per heavy atom. The smallest absolute Gasteiger partial charge is 0.0825 e. The van der Waals surface area contributed by atoms with Gasteiger partial charge in [-0.25, -0.2) is 0 Å². The first-order valence-corrected chi connectivity index (χ1v) is 7.69. The molecule has 0 aliphatic rings. The molecule has 0 saturated heterocycles. The molecule has 0 amide bonds. The largest absolute Gasteiger partial charge is 0.378 e. The highest BCUT2D eigenvalue weighted by molar-refractivity contribution is 5.85. The molecule has 0 aromatic carbocycles. The van der Waals surface area contributed by atoms with E-state index in [2.05, 4.69) is 61.0 Å². The summed E-state index contributed by atoms with van der Waals surface area (Å²) >= 11 is 0. The fraction of sp³-hybridized carbons (Fsp3) is 0.625. The highest BCUT2D eigenvalue weighted by atomic mass is 35.5. The van der Waals surface area contributed by atoms with Crippen LogP contribution in [0.2, 0.25) is 0 Å². The van der Waals surface area contributed by atoms with Crippen LogP contribution in [0.25, 0.3) is 0 Å². The molecule has 2 rings (SSSR count). The second-order valence-corrected chi connectivity index (χ2v) is 6.39. The number of anilines is 1. The van der Waals surface area contributed by atoms with Gasteiger partial charge in [0.25, 0.3) is 0 Å². The Morgan fingerprint density at radius 1 is 1.18 bits per heavy atom. The molecule has 0 bridgehead atoms. The molecule has 6 heteroatoms. The first kappa shape index (κ1) is 18.6. The number of hydrogen-bond acceptors (Lipinski definition) is 3. The van der Waals surface area contributed by atoms with E-state index in [1.54, 1.807) is 0 Å². The monoisotopic (exact) mass is 325 g/mol. The van der Waals surface area contributed by atoms with Crippen LogP contribution in [-0.4, -0.2) is 19.6 Å². The number of nitrogens with zero attached hydrogens (tertiary/aromatic N) is 4. The summed E-state index contributed by atoms with van der Waals surface area (Å²) in [5.74, 6) is 0.601. The third-order valence-electron chi connectivity index (χ3n) is 3.60. The Hall–Kier alpha value is -1.49. The van der Waals surface area contributed by atoms with Crippen LogP contribution >= 0.6 is 12.4 Å². The van der Waals surface area contributed by atoms with Gasteiger partial charge >= 0.3 is 0 Å². The Labute approximate surface area is 139 Å². The summed E-state index contributed by atoms with van der Waals surface area (Å²) < 4.78 is 4.08. The van der Waals surface area contributed by atoms with Gasteiger partial charge in [0.2, 0.25) is 0 Å². The zero-order chi connectivity index (χ0) is 15.6. The molecule has 0 aliphatic heterocycles. The topological polar surface area (TPSA) is 47.7 Å². The lowest BCUT2D eigenvalue weighted by molar-refractivity contribution is 0.481. The van der Waals surface area contributed by atoms with Crippen LogP contribution in [0.5, 0.6) is 0 Å². The normalized spacial score (nSPS) is 11.1. The lowest BCUT2D eigenvalue weighted by Gasteiger charge is -2.09. The van der Waals surface area contributed by atoms with E-state index in [0.717, 1.165) is 24.5 Å². The van der Waals surface area contributed by atoms with Crippen molar-refractivity contribution in [3.8, 4) is 0 Å². The number of aryl methyl sites for hydroxylation is 1. The highest BCUT2D eigenvalue weighted by Gasteiger charge is 2.10. The number of rotatable bonds is 6. The Bertz CT molecular complexity index is 598. The van der Waals surface area contributed by atoms with E-state index in [4.69, 9.17) is 0 Å². The van der Waals surface area contributed by atoms with E-state index in [9.17, 15) is 0 Å². The molecule has 0 atom stereocenters. The standard InChI is InChI=1S/C16H27N5.ClH/c1-11(2)9-20-10-16(13(5)19-20)17-7-15-8-18-21(12(3)4)14(15)6;/h8,10-12,17H,7,9H2,1-6H3;1H. The van der Waals surface area contributed by atoms with Gasteiger partial charge in [0.15, 0.2) is 0 Å². The zero-order valence-corrected chi connectivity index (χ0v) is 15.2. The summed E-state index contributed by atoms with van der Waals surface area (Å²) in [4.78, 5) is 0. The number of halogens is 1. The molecule has 2 aromatic heterocycles. The summed E-state index contributed by atoms with van der Waals surface area (Å²) in [6, 6.07) is 0.397. The Morgan fingerprint density at radius 2 is 1.86 bits per heavy atom. The molecule has 2 heterocycles. The molecule has 5 nitrogen and oxygen atoms in total. The summed E-state index contributed by atoms with van der Waals surface area (Å²) in [7, 11) is 0. The Balaban J connectivity index is 0.00000242. The van der Waals surface area contributed by atoms with Crippen LogP contribution in [-0.2, 0) is 13.1 Å². The molecule has 22 heavy (non-hydrogen) atoms. The minimum atomic E-state index is 0. The second-order valence-electron chi connectivity index (χ2n) is 6.39. The minimum absolute atomic E-state index is 0. The molecule has 0 saturated carbocycles. The molecule has 1 N–H and O–H groups in total. The average Bonchev–Trinajstić information content (AvgIpc) is 2.90. The SMILES string of the molecule is Cc1nn(CC(C)C)cc1NCc1cnn(C(C)C)c1C.Cl. The maximum absolute atomic E-state index is 4.55. The van der Waals surface area contributed by atoms with Crippen LogP contribution in [0.3, 0.4) is 0 Å². The van der Waals surface area contributed by atoms with E-state index in [1.165, 1.54) is 11.3 Å². The molecule has 0 aliphatic carbocycles. The van der Waals surface area contributed by atoms with Crippen LogP contribution < -0.4 is 5.32 Å². The van der Waals surface area contributed by atoms with Gasteiger partial charge < -0.3 is 5.32 Å². The predicted octanol–water partition coefficient (Wildman–Crippen LogP) is 3.97. The molecule has 0 unspecified atom stereocenters. The summed E-state index contributed by atoms with van der Waals surface area (Å²) in [6.45, 7) is 14.6. The summed E-state index contributed by atoms with van der Waals surface area (Å²) in [5, 5.41) is 12.5. The first-order valence-electron chi connectivity index (χ1n) is 7.69. The van der Waals surface area contributed by atoms with E-state index >= 15 is 0 Å². The molecule has 124 valence electrons. The molecule has 0 spiro atoms. The van der Waals surface area contributed by atoms with E-state index in [1.807, 2.05) is 17.8 Å². The van der Waals surface area contributed by atoms with Crippen LogP contribution in [0, 0.1) is 19.8 Å². The molecule has 0 fully saturated rings. The first-order chi connectivity index (χ1) is 9.88. The van der Waals surface area contributed by atoms with Gasteiger partial charge in [-0.1, -0.05) is 13.8 Å². The van der Waals surface area contributed by atoms with E-state index in [-0.39, 0.29) is 12.4 Å². The fourth-order valence-corrected chi connectivity index (χ4v) is 2.50. The van der Waals surface area contributed by atoms with Gasteiger partial charge in [-0.3, -0.25) is 9.36 Å². The van der Waals surface area contributed by atoms with Crippen molar-refractivity contribution in [1.82, 2.24) is 19.6 Å². The van der Waals surface area contributed by atoms with Crippen molar-refractivity contribution in [2.45, 2.75) is 60.7 Å². The molecule has 0 radical (unpaired) electrons.